The van der Waals surface area contributed by atoms with Crippen molar-refractivity contribution in [3.8, 4) is 0 Å². The zero-order valence-electron chi connectivity index (χ0n) is 18.2. The number of hydrogen-bond donors (Lipinski definition) is 0. The van der Waals surface area contributed by atoms with Crippen molar-refractivity contribution in [2.75, 3.05) is 13.1 Å². The van der Waals surface area contributed by atoms with Gasteiger partial charge in [0.25, 0.3) is 5.91 Å². The van der Waals surface area contributed by atoms with Crippen LogP contribution in [-0.2, 0) is 11.3 Å². The molecule has 0 saturated heterocycles. The number of carbonyl (C=O) groups is 2. The van der Waals surface area contributed by atoms with Crippen molar-refractivity contribution in [3.63, 3.8) is 0 Å². The first-order chi connectivity index (χ1) is 15.2. The fourth-order valence-corrected chi connectivity index (χ4v) is 4.36. The second kappa shape index (κ2) is 8.68. The smallest absolute Gasteiger partial charge is 0.290 e. The van der Waals surface area contributed by atoms with E-state index in [2.05, 4.69) is 4.57 Å². The Labute approximate surface area is 197 Å². The monoisotopic (exact) mass is 473 g/mol. The molecule has 8 heteroatoms. The Bertz CT molecular complexity index is 1130. The van der Waals surface area contributed by atoms with Crippen LogP contribution >= 0.6 is 23.2 Å². The maximum atomic E-state index is 13.6. The maximum Gasteiger partial charge on any atom is 0.290 e. The first kappa shape index (κ1) is 22.5. The number of benzene rings is 1. The second-order valence-electron chi connectivity index (χ2n) is 8.83. The molecular weight excluding hydrogens is 449 g/mol. The van der Waals surface area contributed by atoms with Gasteiger partial charge in [0.2, 0.25) is 5.91 Å². The Morgan fingerprint density at radius 1 is 1.09 bits per heavy atom. The summed E-state index contributed by atoms with van der Waals surface area (Å²) in [6.45, 7) is 6.82. The third-order valence-corrected chi connectivity index (χ3v) is 6.44. The quantitative estimate of drug-likeness (QED) is 0.518. The number of rotatable bonds is 4. The topological polar surface area (TPSA) is 58.7 Å². The van der Waals surface area contributed by atoms with E-state index in [1.807, 2.05) is 50.1 Å². The summed E-state index contributed by atoms with van der Waals surface area (Å²) in [4.78, 5) is 30.1. The Kier molecular flexibility index (Phi) is 6.10. The summed E-state index contributed by atoms with van der Waals surface area (Å²) >= 11 is 12.4. The molecule has 2 aromatic heterocycles. The van der Waals surface area contributed by atoms with E-state index in [-0.39, 0.29) is 30.2 Å². The van der Waals surface area contributed by atoms with Crippen LogP contribution in [0.25, 0.3) is 0 Å². The Hall–Kier alpha value is -2.70. The van der Waals surface area contributed by atoms with Crippen LogP contribution in [0, 0.1) is 0 Å². The zero-order chi connectivity index (χ0) is 23.0. The molecule has 32 heavy (non-hydrogen) atoms. The molecule has 3 aromatic rings. The van der Waals surface area contributed by atoms with Crippen molar-refractivity contribution < 1.29 is 14.0 Å². The number of aromatic nitrogens is 1. The number of carbonyl (C=O) groups excluding carboxylic acids is 2. The van der Waals surface area contributed by atoms with E-state index in [9.17, 15) is 9.59 Å². The first-order valence-corrected chi connectivity index (χ1v) is 11.2. The molecule has 0 spiro atoms. The SMILES string of the molecule is CC(C)(C)N(CC(=O)N1CCn2cccc2[C@H]1c1ccc(Cl)c(Cl)c1)C(=O)c1ccco1. The van der Waals surface area contributed by atoms with Crippen molar-refractivity contribution in [3.05, 3.63) is 82.0 Å². The minimum Gasteiger partial charge on any atom is -0.459 e. The molecule has 0 N–H and O–H groups in total. The van der Waals surface area contributed by atoms with E-state index in [4.69, 9.17) is 27.6 Å². The van der Waals surface area contributed by atoms with Gasteiger partial charge < -0.3 is 18.8 Å². The summed E-state index contributed by atoms with van der Waals surface area (Å²) in [5.41, 5.74) is 1.28. The number of nitrogens with zero attached hydrogens (tertiary/aromatic N) is 3. The zero-order valence-corrected chi connectivity index (χ0v) is 19.7. The van der Waals surface area contributed by atoms with Gasteiger partial charge in [0.15, 0.2) is 5.76 Å². The van der Waals surface area contributed by atoms with Crippen LogP contribution in [0.3, 0.4) is 0 Å². The molecule has 4 rings (SSSR count). The van der Waals surface area contributed by atoms with Gasteiger partial charge in [-0.3, -0.25) is 9.59 Å². The van der Waals surface area contributed by atoms with Crippen LogP contribution in [0.5, 0.6) is 0 Å². The number of furan rings is 1. The average molecular weight is 474 g/mol. The van der Waals surface area contributed by atoms with Gasteiger partial charge in [-0.1, -0.05) is 29.3 Å². The van der Waals surface area contributed by atoms with E-state index in [1.54, 1.807) is 29.2 Å². The second-order valence-corrected chi connectivity index (χ2v) is 9.64. The van der Waals surface area contributed by atoms with E-state index in [0.29, 0.717) is 23.1 Å². The maximum absolute atomic E-state index is 13.6. The fourth-order valence-electron chi connectivity index (χ4n) is 4.06. The summed E-state index contributed by atoms with van der Waals surface area (Å²) in [5.74, 6) is -0.257. The summed E-state index contributed by atoms with van der Waals surface area (Å²) in [7, 11) is 0. The highest BCUT2D eigenvalue weighted by Crippen LogP contribution is 2.35. The summed E-state index contributed by atoms with van der Waals surface area (Å²) in [5, 5.41) is 0.895. The van der Waals surface area contributed by atoms with Crippen LogP contribution < -0.4 is 0 Å². The molecule has 0 radical (unpaired) electrons. The van der Waals surface area contributed by atoms with Crippen molar-refractivity contribution in [1.29, 1.82) is 0 Å². The number of amides is 2. The summed E-state index contributed by atoms with van der Waals surface area (Å²) < 4.78 is 7.43. The molecule has 0 bridgehead atoms. The highest BCUT2D eigenvalue weighted by Gasteiger charge is 2.36. The number of fused-ring (bicyclic) bond motifs is 1. The molecule has 1 atom stereocenters. The molecule has 0 aliphatic carbocycles. The average Bonchev–Trinajstić information content (AvgIpc) is 3.43. The number of halogens is 2. The highest BCUT2D eigenvalue weighted by atomic mass is 35.5. The van der Waals surface area contributed by atoms with Gasteiger partial charge in [0.1, 0.15) is 6.54 Å². The summed E-state index contributed by atoms with van der Waals surface area (Å²) in [6, 6.07) is 12.3. The van der Waals surface area contributed by atoms with Crippen LogP contribution in [0.15, 0.2) is 59.3 Å². The van der Waals surface area contributed by atoms with Crippen molar-refractivity contribution >= 4 is 35.0 Å². The lowest BCUT2D eigenvalue weighted by Crippen LogP contribution is -2.53. The van der Waals surface area contributed by atoms with Crippen molar-refractivity contribution in [1.82, 2.24) is 14.4 Å². The first-order valence-electron chi connectivity index (χ1n) is 10.4. The minimum atomic E-state index is -0.575. The van der Waals surface area contributed by atoms with Gasteiger partial charge in [-0.25, -0.2) is 0 Å². The highest BCUT2D eigenvalue weighted by molar-refractivity contribution is 6.42. The predicted octanol–water partition coefficient (Wildman–Crippen LogP) is 5.26. The molecule has 1 aromatic carbocycles. The van der Waals surface area contributed by atoms with Crippen molar-refractivity contribution in [2.45, 2.75) is 38.9 Å². The largest absolute Gasteiger partial charge is 0.459 e. The molecular formula is C24H25Cl2N3O3. The standard InChI is InChI=1S/C24H25Cl2N3O3/c1-24(2,3)29(23(31)20-7-5-13-32-20)15-21(30)28-12-11-27-10-4-6-19(27)22(28)16-8-9-17(25)18(26)14-16/h4-10,13-14,22H,11-12,15H2,1-3H3/t22-/m1/s1. The number of hydrogen-bond acceptors (Lipinski definition) is 3. The Morgan fingerprint density at radius 3 is 2.53 bits per heavy atom. The molecule has 0 saturated carbocycles. The molecule has 6 nitrogen and oxygen atoms in total. The third-order valence-electron chi connectivity index (χ3n) is 5.70. The van der Waals surface area contributed by atoms with Crippen LogP contribution in [-0.4, -0.2) is 44.8 Å². The van der Waals surface area contributed by atoms with E-state index in [1.165, 1.54) is 6.26 Å². The molecule has 1 aliphatic rings. The van der Waals surface area contributed by atoms with Crippen LogP contribution in [0.2, 0.25) is 10.0 Å². The van der Waals surface area contributed by atoms with Crippen molar-refractivity contribution in [2.24, 2.45) is 0 Å². The molecule has 2 amide bonds. The summed E-state index contributed by atoms with van der Waals surface area (Å²) in [6.07, 6.45) is 3.46. The van der Waals surface area contributed by atoms with Gasteiger partial charge in [0.05, 0.1) is 22.4 Å². The minimum absolute atomic E-state index is 0.0679. The normalized spacial score (nSPS) is 16.0. The van der Waals surface area contributed by atoms with Gasteiger partial charge in [0, 0.05) is 30.5 Å². The predicted molar refractivity (Wildman–Crippen MR) is 124 cm³/mol. The molecule has 0 unspecified atom stereocenters. The third kappa shape index (κ3) is 4.30. The van der Waals surface area contributed by atoms with Gasteiger partial charge in [-0.05, 0) is 62.7 Å². The van der Waals surface area contributed by atoms with E-state index in [0.717, 1.165) is 11.3 Å². The lowest BCUT2D eigenvalue weighted by atomic mass is 9.99. The van der Waals surface area contributed by atoms with Crippen LogP contribution in [0.1, 0.15) is 48.6 Å². The molecule has 168 valence electrons. The Balaban J connectivity index is 1.67. The van der Waals surface area contributed by atoms with Crippen LogP contribution in [0.4, 0.5) is 0 Å². The molecule has 1 aliphatic heterocycles. The van der Waals surface area contributed by atoms with E-state index >= 15 is 0 Å². The lowest BCUT2D eigenvalue weighted by molar-refractivity contribution is -0.135. The molecule has 3 heterocycles. The van der Waals surface area contributed by atoms with Gasteiger partial charge in [-0.2, -0.15) is 0 Å². The van der Waals surface area contributed by atoms with Gasteiger partial charge in [-0.15, -0.1) is 0 Å². The van der Waals surface area contributed by atoms with Gasteiger partial charge >= 0.3 is 0 Å². The van der Waals surface area contributed by atoms with E-state index < -0.39 is 5.54 Å². The molecule has 0 fully saturated rings. The lowest BCUT2D eigenvalue weighted by Gasteiger charge is -2.40. The Morgan fingerprint density at radius 2 is 1.88 bits per heavy atom. The fraction of sp³-hybridized carbons (Fsp3) is 0.333.